The highest BCUT2D eigenvalue weighted by atomic mass is 19.1. The summed E-state index contributed by atoms with van der Waals surface area (Å²) in [6, 6.07) is 12.7. The molecule has 0 fully saturated rings. The van der Waals surface area contributed by atoms with E-state index in [-0.39, 0.29) is 12.0 Å². The normalized spacial score (nSPS) is 11.1. The monoisotopic (exact) mass is 392 g/mol. The third kappa shape index (κ3) is 3.77. The van der Waals surface area contributed by atoms with E-state index in [0.29, 0.717) is 35.3 Å². The highest BCUT2D eigenvalue weighted by Gasteiger charge is 2.14. The lowest BCUT2D eigenvalue weighted by Gasteiger charge is -2.14. The van der Waals surface area contributed by atoms with Gasteiger partial charge in [0.25, 0.3) is 5.56 Å². The Morgan fingerprint density at radius 3 is 2.62 bits per heavy atom. The number of carbonyl (C=O) groups is 1. The number of rotatable bonds is 6. The fourth-order valence-electron chi connectivity index (χ4n) is 3.24. The summed E-state index contributed by atoms with van der Waals surface area (Å²) in [5, 5.41) is 16.2. The highest BCUT2D eigenvalue weighted by Crippen LogP contribution is 2.22. The summed E-state index contributed by atoms with van der Waals surface area (Å²) >= 11 is 0. The average Bonchev–Trinajstić information content (AvgIpc) is 3.23. The second-order valence-corrected chi connectivity index (χ2v) is 6.59. The molecule has 146 valence electrons. The Morgan fingerprint density at radius 2 is 1.93 bits per heavy atom. The molecule has 0 spiro atoms. The van der Waals surface area contributed by atoms with Crippen LogP contribution in [0.4, 0.5) is 4.39 Å². The third-order valence-electron chi connectivity index (χ3n) is 4.63. The van der Waals surface area contributed by atoms with Gasteiger partial charge in [0.15, 0.2) is 0 Å². The van der Waals surface area contributed by atoms with Crippen LogP contribution in [0.25, 0.3) is 27.8 Å². The number of halogens is 1. The average molecular weight is 392 g/mol. The number of aromatic nitrogens is 4. The smallest absolute Gasteiger partial charge is 0.303 e. The zero-order valence-corrected chi connectivity index (χ0v) is 15.3. The van der Waals surface area contributed by atoms with Crippen LogP contribution in [0.5, 0.6) is 0 Å². The first-order valence-corrected chi connectivity index (χ1v) is 9.06. The zero-order chi connectivity index (χ0) is 20.4. The second kappa shape index (κ2) is 7.67. The molecule has 0 saturated carbocycles. The number of aliphatic carboxylic acids is 1. The van der Waals surface area contributed by atoms with Crippen molar-refractivity contribution in [2.75, 3.05) is 0 Å². The summed E-state index contributed by atoms with van der Waals surface area (Å²) in [4.78, 5) is 28.8. The van der Waals surface area contributed by atoms with Crippen molar-refractivity contribution >= 4 is 16.9 Å². The lowest BCUT2D eigenvalue weighted by atomic mass is 10.1. The molecule has 0 aliphatic carbocycles. The number of aromatic amines is 1. The van der Waals surface area contributed by atoms with Crippen LogP contribution in [0.1, 0.15) is 18.7 Å². The lowest BCUT2D eigenvalue weighted by Crippen LogP contribution is -2.24. The molecular weight excluding hydrogens is 375 g/mol. The molecule has 0 atom stereocenters. The number of hydrogen-bond donors (Lipinski definition) is 2. The molecule has 0 amide bonds. The van der Waals surface area contributed by atoms with Crippen molar-refractivity contribution in [2.24, 2.45) is 0 Å². The van der Waals surface area contributed by atoms with Crippen molar-refractivity contribution < 1.29 is 14.3 Å². The van der Waals surface area contributed by atoms with Gasteiger partial charge >= 0.3 is 5.97 Å². The second-order valence-electron chi connectivity index (χ2n) is 6.59. The third-order valence-corrected chi connectivity index (χ3v) is 4.63. The molecule has 0 aliphatic rings. The van der Waals surface area contributed by atoms with Gasteiger partial charge in [-0.3, -0.25) is 19.3 Å². The van der Waals surface area contributed by atoms with Crippen LogP contribution in [-0.2, 0) is 11.2 Å². The maximum absolute atomic E-state index is 13.4. The molecule has 7 nitrogen and oxygen atoms in total. The molecule has 4 rings (SSSR count). The molecule has 0 aliphatic heterocycles. The summed E-state index contributed by atoms with van der Waals surface area (Å²) < 4.78 is 14.8. The van der Waals surface area contributed by atoms with Gasteiger partial charge in [0.2, 0.25) is 0 Å². The standard InChI is InChI=1S/C21H17FN4O3/c22-14-5-7-15(8-6-14)26-19(2-1-3-20(27)28)24-18-12-13(17-10-11-23-25-17)4-9-16(18)21(26)29/h4-12H,1-3H2,(H,23,25)(H,27,28). The largest absolute Gasteiger partial charge is 0.481 e. The minimum Gasteiger partial charge on any atom is -0.481 e. The Labute approximate surface area is 164 Å². The van der Waals surface area contributed by atoms with Crippen molar-refractivity contribution in [1.82, 2.24) is 19.7 Å². The molecule has 0 radical (unpaired) electrons. The maximum Gasteiger partial charge on any atom is 0.303 e. The quantitative estimate of drug-likeness (QED) is 0.524. The number of fused-ring (bicyclic) bond motifs is 1. The van der Waals surface area contributed by atoms with E-state index >= 15 is 0 Å². The number of carboxylic acids is 1. The van der Waals surface area contributed by atoms with Gasteiger partial charge in [-0.1, -0.05) is 6.07 Å². The molecule has 2 N–H and O–H groups in total. The number of nitrogens with zero attached hydrogens (tertiary/aromatic N) is 3. The molecule has 0 bridgehead atoms. The van der Waals surface area contributed by atoms with E-state index < -0.39 is 11.8 Å². The summed E-state index contributed by atoms with van der Waals surface area (Å²) in [5.41, 5.74) is 2.32. The highest BCUT2D eigenvalue weighted by molar-refractivity contribution is 5.83. The van der Waals surface area contributed by atoms with Crippen molar-refractivity contribution in [1.29, 1.82) is 0 Å². The minimum absolute atomic E-state index is 0.0362. The molecule has 0 unspecified atom stereocenters. The van der Waals surface area contributed by atoms with Gasteiger partial charge in [0.05, 0.1) is 22.3 Å². The van der Waals surface area contributed by atoms with E-state index in [1.165, 1.54) is 28.8 Å². The molecule has 29 heavy (non-hydrogen) atoms. The number of carboxylic acid groups (broad SMARTS) is 1. The van der Waals surface area contributed by atoms with Gasteiger partial charge in [-0.2, -0.15) is 5.10 Å². The van der Waals surface area contributed by atoms with Gasteiger partial charge < -0.3 is 5.11 Å². The van der Waals surface area contributed by atoms with Crippen molar-refractivity contribution in [3.05, 3.63) is 76.7 Å². The summed E-state index contributed by atoms with van der Waals surface area (Å²) in [7, 11) is 0. The topological polar surface area (TPSA) is 101 Å². The van der Waals surface area contributed by atoms with Crippen LogP contribution in [0.3, 0.4) is 0 Å². The predicted octanol–water partition coefficient (Wildman–Crippen LogP) is 3.32. The van der Waals surface area contributed by atoms with Gasteiger partial charge in [-0.15, -0.1) is 0 Å². The van der Waals surface area contributed by atoms with E-state index in [1.54, 1.807) is 24.4 Å². The SMILES string of the molecule is O=C(O)CCCc1nc2cc(-c3ccn[nH]3)ccc2c(=O)n1-c1ccc(F)cc1. The molecule has 0 saturated heterocycles. The van der Waals surface area contributed by atoms with Gasteiger partial charge in [-0.05, 0) is 48.9 Å². The molecule has 2 aromatic carbocycles. The summed E-state index contributed by atoms with van der Waals surface area (Å²) in [6.07, 6.45) is 2.22. The summed E-state index contributed by atoms with van der Waals surface area (Å²) in [5.74, 6) is -0.896. The molecule has 2 heterocycles. The van der Waals surface area contributed by atoms with Crippen LogP contribution < -0.4 is 5.56 Å². The van der Waals surface area contributed by atoms with Crippen LogP contribution in [0, 0.1) is 5.82 Å². The molecule has 2 aromatic heterocycles. The first kappa shape index (κ1) is 18.5. The fraction of sp³-hybridized carbons (Fsp3) is 0.143. The van der Waals surface area contributed by atoms with Crippen LogP contribution >= 0.6 is 0 Å². The Balaban J connectivity index is 1.88. The number of hydrogen-bond acceptors (Lipinski definition) is 4. The number of nitrogens with one attached hydrogen (secondary N) is 1. The zero-order valence-electron chi connectivity index (χ0n) is 15.3. The van der Waals surface area contributed by atoms with Crippen LogP contribution in [-0.4, -0.2) is 30.8 Å². The number of aryl methyl sites for hydroxylation is 1. The van der Waals surface area contributed by atoms with E-state index in [2.05, 4.69) is 15.2 Å². The molecule has 8 heteroatoms. The van der Waals surface area contributed by atoms with Gasteiger partial charge in [0.1, 0.15) is 11.6 Å². The number of H-pyrrole nitrogens is 1. The predicted molar refractivity (Wildman–Crippen MR) is 105 cm³/mol. The first-order chi connectivity index (χ1) is 14.0. The van der Waals surface area contributed by atoms with Gasteiger partial charge in [-0.25, -0.2) is 9.37 Å². The summed E-state index contributed by atoms with van der Waals surface area (Å²) in [6.45, 7) is 0. The Morgan fingerprint density at radius 1 is 1.14 bits per heavy atom. The van der Waals surface area contributed by atoms with Crippen molar-refractivity contribution in [3.8, 4) is 16.9 Å². The van der Waals surface area contributed by atoms with Crippen molar-refractivity contribution in [2.45, 2.75) is 19.3 Å². The maximum atomic E-state index is 13.4. The number of benzene rings is 2. The fourth-order valence-corrected chi connectivity index (χ4v) is 3.24. The first-order valence-electron chi connectivity index (χ1n) is 9.06. The lowest BCUT2D eigenvalue weighted by molar-refractivity contribution is -0.137. The Hall–Kier alpha value is -3.81. The van der Waals surface area contributed by atoms with Crippen LogP contribution in [0.2, 0.25) is 0 Å². The van der Waals surface area contributed by atoms with E-state index in [0.717, 1.165) is 11.3 Å². The van der Waals surface area contributed by atoms with E-state index in [1.807, 2.05) is 6.07 Å². The van der Waals surface area contributed by atoms with E-state index in [9.17, 15) is 14.0 Å². The van der Waals surface area contributed by atoms with Gasteiger partial charge in [0, 0.05) is 24.6 Å². The van der Waals surface area contributed by atoms with Crippen molar-refractivity contribution in [3.63, 3.8) is 0 Å². The molecule has 4 aromatic rings. The minimum atomic E-state index is -0.914. The van der Waals surface area contributed by atoms with E-state index in [4.69, 9.17) is 5.11 Å². The Bertz CT molecular complexity index is 1230. The van der Waals surface area contributed by atoms with Crippen LogP contribution in [0.15, 0.2) is 59.5 Å². The Kier molecular flexibility index (Phi) is 4.90. The molecular formula is C21H17FN4O3.